The molecule has 3 N–H and O–H groups in total. The molecule has 0 saturated carbocycles. The van der Waals surface area contributed by atoms with Gasteiger partial charge in [0.1, 0.15) is 41.8 Å². The van der Waals surface area contributed by atoms with E-state index >= 15 is 0 Å². The smallest absolute Gasteiger partial charge is 0.394 e. The van der Waals surface area contributed by atoms with E-state index in [2.05, 4.69) is 20.2 Å². The molecule has 0 amide bonds. The number of aliphatic hydroxyl groups excluding tert-OH is 3. The molecule has 1 aliphatic heterocycles. The minimum Gasteiger partial charge on any atom is -0.394 e. The molecule has 0 radical (unpaired) electrons. The van der Waals surface area contributed by atoms with Crippen molar-refractivity contribution in [1.29, 1.82) is 0 Å². The summed E-state index contributed by atoms with van der Waals surface area (Å²) < 4.78 is 79.4. The third-order valence-corrected chi connectivity index (χ3v) is 8.11. The van der Waals surface area contributed by atoms with Crippen LogP contribution in [-0.2, 0) is 10.9 Å². The number of aliphatic hydroxyl groups is 3. The number of aromatic nitrogens is 6. The highest BCUT2D eigenvalue weighted by molar-refractivity contribution is 7.16. The average molecular weight is 643 g/mol. The van der Waals surface area contributed by atoms with E-state index in [1.165, 1.54) is 30.9 Å². The molecule has 4 heterocycles. The molecule has 0 aliphatic carbocycles. The second kappa shape index (κ2) is 10.9. The van der Waals surface area contributed by atoms with Crippen molar-refractivity contribution in [2.45, 2.75) is 43.6 Å². The quantitative estimate of drug-likeness (QED) is 0.241. The van der Waals surface area contributed by atoms with Crippen LogP contribution in [0, 0.1) is 18.6 Å². The predicted octanol–water partition coefficient (Wildman–Crippen LogP) is 4.39. The van der Waals surface area contributed by atoms with Gasteiger partial charge in [0, 0.05) is 22.3 Å². The molecule has 5 aromatic rings. The Morgan fingerprint density at radius 3 is 2.60 bits per heavy atom. The van der Waals surface area contributed by atoms with Gasteiger partial charge in [0.25, 0.3) is 0 Å². The standard InChI is InChI=1S/C26H20ClF5N6O4S/c1-10-35-25(38(36-10)15-4-12(27)2-3-14(15)26(30,31)32)24-23(41)21(22(40)16(8-39)42-24)37-7-11(6-34-37)13-5-17-20(33-9-43-17)19(29)18(13)28/h2-7,9,16,21-24,39-41H,8H2,1H3/t16-,21+,22+,23-,24-/m1/s1. The van der Waals surface area contributed by atoms with Crippen molar-refractivity contribution in [3.63, 3.8) is 0 Å². The van der Waals surface area contributed by atoms with Crippen LogP contribution in [0.5, 0.6) is 0 Å². The number of rotatable bonds is 5. The van der Waals surface area contributed by atoms with Gasteiger partial charge in [0.05, 0.1) is 34.3 Å². The molecule has 17 heteroatoms. The van der Waals surface area contributed by atoms with Crippen molar-refractivity contribution in [2.75, 3.05) is 6.61 Å². The summed E-state index contributed by atoms with van der Waals surface area (Å²) in [6, 6.07) is 2.87. The zero-order valence-corrected chi connectivity index (χ0v) is 23.3. The van der Waals surface area contributed by atoms with E-state index < -0.39 is 66.1 Å². The maximum Gasteiger partial charge on any atom is 0.418 e. The van der Waals surface area contributed by atoms with Crippen molar-refractivity contribution in [1.82, 2.24) is 29.5 Å². The first-order valence-electron chi connectivity index (χ1n) is 12.6. The lowest BCUT2D eigenvalue weighted by Gasteiger charge is -2.42. The van der Waals surface area contributed by atoms with Crippen LogP contribution in [0.1, 0.15) is 29.4 Å². The predicted molar refractivity (Wildman–Crippen MR) is 143 cm³/mol. The number of thiazole rings is 1. The lowest BCUT2D eigenvalue weighted by Crippen LogP contribution is -2.53. The molecular formula is C26H20ClF5N6O4S. The SMILES string of the molecule is Cc1nc([C@@H]2O[C@H](CO)[C@H](O)[C@H](n3cc(-c4cc5scnc5c(F)c4F)cn3)[C@H]2O)n(-c2cc(Cl)ccc2C(F)(F)F)n1. The van der Waals surface area contributed by atoms with E-state index in [1.807, 2.05) is 0 Å². The Morgan fingerprint density at radius 1 is 1.12 bits per heavy atom. The van der Waals surface area contributed by atoms with Crippen LogP contribution in [-0.4, -0.2) is 69.8 Å². The molecule has 1 saturated heterocycles. The fraction of sp³-hybridized carbons (Fsp3) is 0.308. The summed E-state index contributed by atoms with van der Waals surface area (Å²) in [4.78, 5) is 8.02. The third-order valence-electron chi connectivity index (χ3n) is 7.10. The zero-order valence-electron chi connectivity index (χ0n) is 21.7. The Balaban J connectivity index is 1.43. The Bertz CT molecular complexity index is 1830. The first kappa shape index (κ1) is 29.5. The molecule has 6 rings (SSSR count). The molecule has 0 unspecified atom stereocenters. The van der Waals surface area contributed by atoms with Crippen LogP contribution < -0.4 is 0 Å². The monoisotopic (exact) mass is 642 g/mol. The lowest BCUT2D eigenvalue weighted by atomic mass is 9.92. The number of halogens is 6. The Labute approximate surface area is 247 Å². The highest BCUT2D eigenvalue weighted by Crippen LogP contribution is 2.41. The summed E-state index contributed by atoms with van der Waals surface area (Å²) in [6.07, 6.45) is -8.58. The lowest BCUT2D eigenvalue weighted by molar-refractivity contribution is -0.210. The van der Waals surface area contributed by atoms with Gasteiger partial charge in [-0.1, -0.05) is 11.6 Å². The van der Waals surface area contributed by atoms with Crippen LogP contribution in [0.2, 0.25) is 5.02 Å². The summed E-state index contributed by atoms with van der Waals surface area (Å²) >= 11 is 7.11. The largest absolute Gasteiger partial charge is 0.418 e. The number of fused-ring (bicyclic) bond motifs is 1. The minimum atomic E-state index is -4.81. The van der Waals surface area contributed by atoms with Crippen LogP contribution >= 0.6 is 22.9 Å². The molecule has 0 bridgehead atoms. The van der Waals surface area contributed by atoms with E-state index in [0.717, 1.165) is 38.9 Å². The minimum absolute atomic E-state index is 0.0273. The van der Waals surface area contributed by atoms with E-state index in [1.54, 1.807) is 0 Å². The van der Waals surface area contributed by atoms with Gasteiger partial charge in [-0.15, -0.1) is 11.3 Å². The van der Waals surface area contributed by atoms with E-state index in [4.69, 9.17) is 16.3 Å². The fourth-order valence-corrected chi connectivity index (χ4v) is 6.01. The van der Waals surface area contributed by atoms with Crippen LogP contribution in [0.15, 0.2) is 42.2 Å². The molecule has 10 nitrogen and oxygen atoms in total. The third kappa shape index (κ3) is 5.07. The van der Waals surface area contributed by atoms with E-state index in [0.29, 0.717) is 4.70 Å². The molecule has 2 aromatic carbocycles. The van der Waals surface area contributed by atoms with Gasteiger partial charge in [-0.2, -0.15) is 23.4 Å². The normalized spacial score (nSPS) is 22.9. The average Bonchev–Trinajstić information content (AvgIpc) is 3.70. The number of ether oxygens (including phenoxy) is 1. The molecule has 43 heavy (non-hydrogen) atoms. The number of alkyl halides is 3. The number of nitrogens with zero attached hydrogens (tertiary/aromatic N) is 6. The summed E-state index contributed by atoms with van der Waals surface area (Å²) in [6.45, 7) is 0.658. The van der Waals surface area contributed by atoms with Crippen LogP contribution in [0.25, 0.3) is 27.0 Å². The molecule has 1 fully saturated rings. The van der Waals surface area contributed by atoms with Gasteiger partial charge in [-0.25, -0.2) is 23.4 Å². The molecule has 3 aromatic heterocycles. The van der Waals surface area contributed by atoms with E-state index in [9.17, 15) is 37.3 Å². The Kier molecular flexibility index (Phi) is 7.46. The van der Waals surface area contributed by atoms with Crippen LogP contribution in [0.4, 0.5) is 22.0 Å². The maximum atomic E-state index is 14.9. The second-order valence-corrected chi connectivity index (χ2v) is 11.1. The molecule has 226 valence electrons. The van der Waals surface area contributed by atoms with Gasteiger partial charge < -0.3 is 20.1 Å². The summed E-state index contributed by atoms with van der Waals surface area (Å²) in [5.41, 5.74) is -0.397. The first-order valence-corrected chi connectivity index (χ1v) is 13.8. The van der Waals surface area contributed by atoms with Gasteiger partial charge in [-0.05, 0) is 31.2 Å². The number of benzene rings is 2. The number of aryl methyl sites for hydroxylation is 1. The van der Waals surface area contributed by atoms with Gasteiger partial charge in [0.2, 0.25) is 0 Å². The van der Waals surface area contributed by atoms with Crippen molar-refractivity contribution in [2.24, 2.45) is 0 Å². The zero-order chi connectivity index (χ0) is 30.8. The Morgan fingerprint density at radius 2 is 1.88 bits per heavy atom. The van der Waals surface area contributed by atoms with Gasteiger partial charge >= 0.3 is 6.18 Å². The molecule has 0 spiro atoms. The molecule has 5 atom stereocenters. The van der Waals surface area contributed by atoms with Crippen molar-refractivity contribution >= 4 is 33.2 Å². The van der Waals surface area contributed by atoms with Gasteiger partial charge in [-0.3, -0.25) is 4.68 Å². The van der Waals surface area contributed by atoms with Crippen molar-refractivity contribution in [3.05, 3.63) is 76.0 Å². The van der Waals surface area contributed by atoms with Crippen LogP contribution in [0.3, 0.4) is 0 Å². The summed E-state index contributed by atoms with van der Waals surface area (Å²) in [5, 5.41) is 40.7. The van der Waals surface area contributed by atoms with Gasteiger partial charge in [0.15, 0.2) is 17.5 Å². The fourth-order valence-electron chi connectivity index (χ4n) is 5.13. The number of hydrogen-bond acceptors (Lipinski definition) is 9. The summed E-state index contributed by atoms with van der Waals surface area (Å²) in [5.74, 6) is -2.58. The second-order valence-electron chi connectivity index (χ2n) is 9.80. The number of hydrogen-bond donors (Lipinski definition) is 3. The highest BCUT2D eigenvalue weighted by Gasteiger charge is 2.48. The molecule has 1 aliphatic rings. The summed E-state index contributed by atoms with van der Waals surface area (Å²) in [7, 11) is 0. The molecular weight excluding hydrogens is 623 g/mol. The van der Waals surface area contributed by atoms with E-state index in [-0.39, 0.29) is 33.3 Å². The van der Waals surface area contributed by atoms with Crippen molar-refractivity contribution < 1.29 is 42.0 Å². The van der Waals surface area contributed by atoms with Crippen molar-refractivity contribution in [3.8, 4) is 16.8 Å². The Hall–Kier alpha value is -3.54. The topological polar surface area (TPSA) is 131 Å². The maximum absolute atomic E-state index is 14.9. The highest BCUT2D eigenvalue weighted by atomic mass is 35.5. The first-order chi connectivity index (χ1) is 20.4.